The molecule has 0 aliphatic heterocycles. The third-order valence-corrected chi connectivity index (χ3v) is 2.35. The van der Waals surface area contributed by atoms with Crippen LogP contribution in [-0.4, -0.2) is 9.78 Å². The van der Waals surface area contributed by atoms with E-state index in [0.717, 1.165) is 10.2 Å². The van der Waals surface area contributed by atoms with Gasteiger partial charge in [-0.05, 0) is 15.9 Å². The maximum absolute atomic E-state index is 7.39. The number of nitrogens with zero attached hydrogens (tertiary/aromatic N) is 2. The molecule has 0 N–H and O–H groups in total. The fourth-order valence-electron chi connectivity index (χ4n) is 1.18. The van der Waals surface area contributed by atoms with Crippen molar-refractivity contribution in [3.8, 4) is 11.3 Å². The summed E-state index contributed by atoms with van der Waals surface area (Å²) in [6.45, 7) is -2.27. The minimum absolute atomic E-state index is 0.570. The molecule has 0 unspecified atom stereocenters. The Hall–Kier alpha value is -1.09. The number of hydrogen-bond acceptors (Lipinski definition) is 1. The van der Waals surface area contributed by atoms with Crippen molar-refractivity contribution in [2.45, 2.75) is 0 Å². The first kappa shape index (κ1) is 5.60. The molecule has 0 aliphatic carbocycles. The lowest BCUT2D eigenvalue weighted by Gasteiger charge is -2.01. The highest BCUT2D eigenvalue weighted by molar-refractivity contribution is 9.10. The Morgan fingerprint density at radius 2 is 2.15 bits per heavy atom. The topological polar surface area (TPSA) is 17.8 Å². The molecule has 0 radical (unpaired) electrons. The molecule has 0 saturated heterocycles. The highest BCUT2D eigenvalue weighted by Gasteiger charge is 2.06. The van der Waals surface area contributed by atoms with Gasteiger partial charge in [-0.3, -0.25) is 4.68 Å². The summed E-state index contributed by atoms with van der Waals surface area (Å²) in [5, 5.41) is 3.87. The van der Waals surface area contributed by atoms with Gasteiger partial charge in [0.25, 0.3) is 0 Å². The second kappa shape index (κ2) is 3.34. The zero-order valence-electron chi connectivity index (χ0n) is 9.74. The van der Waals surface area contributed by atoms with Crippen molar-refractivity contribution in [3.63, 3.8) is 0 Å². The molecule has 2 nitrogen and oxygen atoms in total. The molecular weight excluding hydrogens is 228 g/mol. The Balaban J connectivity index is 2.61. The standard InChI is InChI=1S/C10H9BrN2/c1-13-10(9(11)7-12-13)8-5-3-2-4-6-8/h2-7H,1H3/i1D3. The van der Waals surface area contributed by atoms with Crippen LogP contribution in [0.1, 0.15) is 4.11 Å². The summed E-state index contributed by atoms with van der Waals surface area (Å²) in [4.78, 5) is 0. The van der Waals surface area contributed by atoms with Crippen molar-refractivity contribution in [1.29, 1.82) is 0 Å². The van der Waals surface area contributed by atoms with Crippen molar-refractivity contribution < 1.29 is 4.11 Å². The van der Waals surface area contributed by atoms with Gasteiger partial charge in [0, 0.05) is 16.7 Å². The molecule has 0 atom stereocenters. The molecular formula is C10H9BrN2. The average Bonchev–Trinajstić information content (AvgIpc) is 2.61. The van der Waals surface area contributed by atoms with Gasteiger partial charge in [-0.15, -0.1) is 0 Å². The summed E-state index contributed by atoms with van der Waals surface area (Å²) in [7, 11) is 0. The van der Waals surface area contributed by atoms with E-state index in [-0.39, 0.29) is 0 Å². The SMILES string of the molecule is [2H]C([2H])([2H])n1ncc(Br)c1-c1ccccc1. The van der Waals surface area contributed by atoms with Gasteiger partial charge in [-0.2, -0.15) is 5.10 Å². The van der Waals surface area contributed by atoms with Crippen LogP contribution in [0, 0.1) is 0 Å². The quantitative estimate of drug-likeness (QED) is 0.749. The van der Waals surface area contributed by atoms with Gasteiger partial charge in [0.1, 0.15) is 0 Å². The number of aryl methyl sites for hydroxylation is 1. The predicted molar refractivity (Wildman–Crippen MR) is 56.3 cm³/mol. The van der Waals surface area contributed by atoms with Gasteiger partial charge in [-0.25, -0.2) is 0 Å². The number of benzene rings is 1. The van der Waals surface area contributed by atoms with Crippen molar-refractivity contribution in [2.75, 3.05) is 0 Å². The highest BCUT2D eigenvalue weighted by atomic mass is 79.9. The fourth-order valence-corrected chi connectivity index (χ4v) is 1.67. The molecule has 1 heterocycles. The molecule has 0 amide bonds. The van der Waals surface area contributed by atoms with E-state index in [1.165, 1.54) is 6.20 Å². The first-order valence-electron chi connectivity index (χ1n) is 5.29. The maximum atomic E-state index is 7.39. The number of rotatable bonds is 1. The Bertz CT molecular complexity index is 491. The van der Waals surface area contributed by atoms with Crippen LogP contribution in [0.5, 0.6) is 0 Å². The molecule has 2 rings (SSSR count). The molecule has 1 aromatic heterocycles. The molecule has 13 heavy (non-hydrogen) atoms. The van der Waals surface area contributed by atoms with E-state index in [4.69, 9.17) is 4.11 Å². The zero-order valence-corrected chi connectivity index (χ0v) is 8.32. The summed E-state index contributed by atoms with van der Waals surface area (Å²) in [6, 6.07) is 9.30. The molecule has 3 heteroatoms. The second-order valence-electron chi connectivity index (χ2n) is 2.62. The van der Waals surface area contributed by atoms with E-state index < -0.39 is 6.98 Å². The van der Waals surface area contributed by atoms with Crippen LogP contribution in [0.3, 0.4) is 0 Å². The van der Waals surface area contributed by atoms with Crippen LogP contribution in [0.15, 0.2) is 41.0 Å². The summed E-state index contributed by atoms with van der Waals surface area (Å²) in [6.07, 6.45) is 1.49. The van der Waals surface area contributed by atoms with Crippen LogP contribution in [-0.2, 0) is 6.98 Å². The van der Waals surface area contributed by atoms with Crippen molar-refractivity contribution in [3.05, 3.63) is 41.0 Å². The Labute approximate surface area is 89.5 Å². The largest absolute Gasteiger partial charge is 0.267 e. The maximum Gasteiger partial charge on any atom is 0.0821 e. The van der Waals surface area contributed by atoms with Crippen LogP contribution in [0.25, 0.3) is 11.3 Å². The fraction of sp³-hybridized carbons (Fsp3) is 0.100. The van der Waals surface area contributed by atoms with Crippen molar-refractivity contribution in [2.24, 2.45) is 6.98 Å². The van der Waals surface area contributed by atoms with Crippen LogP contribution in [0.2, 0.25) is 0 Å². The summed E-state index contributed by atoms with van der Waals surface area (Å²) in [5.74, 6) is 0. The minimum atomic E-state index is -2.27. The van der Waals surface area contributed by atoms with Gasteiger partial charge < -0.3 is 0 Å². The third-order valence-electron chi connectivity index (χ3n) is 1.77. The second-order valence-corrected chi connectivity index (χ2v) is 3.47. The normalized spacial score (nSPS) is 14.7. The van der Waals surface area contributed by atoms with E-state index >= 15 is 0 Å². The molecule has 1 aromatic carbocycles. The molecule has 66 valence electrons. The Kier molecular flexibility index (Phi) is 1.44. The Morgan fingerprint density at radius 1 is 1.38 bits per heavy atom. The molecule has 0 spiro atoms. The zero-order chi connectivity index (χ0) is 11.8. The van der Waals surface area contributed by atoms with Gasteiger partial charge in [-0.1, -0.05) is 30.3 Å². The van der Waals surface area contributed by atoms with Crippen LogP contribution in [0.4, 0.5) is 0 Å². The van der Waals surface area contributed by atoms with Gasteiger partial charge in [0.2, 0.25) is 0 Å². The number of hydrogen-bond donors (Lipinski definition) is 0. The summed E-state index contributed by atoms with van der Waals surface area (Å²) >= 11 is 3.31. The minimum Gasteiger partial charge on any atom is -0.267 e. The summed E-state index contributed by atoms with van der Waals surface area (Å²) in [5.41, 5.74) is 1.39. The first-order chi connectivity index (χ1) is 7.50. The van der Waals surface area contributed by atoms with Crippen molar-refractivity contribution in [1.82, 2.24) is 9.78 Å². The monoisotopic (exact) mass is 239 g/mol. The molecule has 0 fully saturated rings. The van der Waals surface area contributed by atoms with Gasteiger partial charge in [0.15, 0.2) is 0 Å². The lowest BCUT2D eigenvalue weighted by atomic mass is 10.1. The first-order valence-corrected chi connectivity index (χ1v) is 4.59. The predicted octanol–water partition coefficient (Wildman–Crippen LogP) is 2.85. The van der Waals surface area contributed by atoms with Crippen LogP contribution < -0.4 is 0 Å². The van der Waals surface area contributed by atoms with E-state index in [2.05, 4.69) is 21.0 Å². The van der Waals surface area contributed by atoms with Gasteiger partial charge >= 0.3 is 0 Å². The van der Waals surface area contributed by atoms with Gasteiger partial charge in [0.05, 0.1) is 16.4 Å². The van der Waals surface area contributed by atoms with E-state index in [0.29, 0.717) is 10.2 Å². The molecule has 2 aromatic rings. The molecule has 0 saturated carbocycles. The Morgan fingerprint density at radius 3 is 2.85 bits per heavy atom. The third kappa shape index (κ3) is 1.52. The van der Waals surface area contributed by atoms with E-state index in [1.54, 1.807) is 0 Å². The number of aromatic nitrogens is 2. The molecule has 0 bridgehead atoms. The van der Waals surface area contributed by atoms with E-state index in [1.807, 2.05) is 30.3 Å². The lowest BCUT2D eigenvalue weighted by Crippen LogP contribution is -1.93. The smallest absolute Gasteiger partial charge is 0.0821 e. The van der Waals surface area contributed by atoms with E-state index in [9.17, 15) is 0 Å². The highest BCUT2D eigenvalue weighted by Crippen LogP contribution is 2.26. The lowest BCUT2D eigenvalue weighted by molar-refractivity contribution is 0.776. The van der Waals surface area contributed by atoms with Crippen LogP contribution >= 0.6 is 15.9 Å². The summed E-state index contributed by atoms with van der Waals surface area (Å²) < 4.78 is 23.9. The molecule has 0 aliphatic rings. The average molecular weight is 240 g/mol. The van der Waals surface area contributed by atoms with Crippen molar-refractivity contribution >= 4 is 15.9 Å². The number of halogens is 1.